The summed E-state index contributed by atoms with van der Waals surface area (Å²) in [6, 6.07) is 0. The highest BCUT2D eigenvalue weighted by molar-refractivity contribution is 4.98. The van der Waals surface area contributed by atoms with Crippen molar-refractivity contribution in [1.29, 1.82) is 0 Å². The Morgan fingerprint density at radius 3 is 3.17 bits per heavy atom. The lowest BCUT2D eigenvalue weighted by molar-refractivity contribution is 0.104. The van der Waals surface area contributed by atoms with Gasteiger partial charge in [-0.05, 0) is 38.6 Å². The van der Waals surface area contributed by atoms with Crippen LogP contribution in [-0.2, 0) is 24.2 Å². The molecule has 18 heavy (non-hydrogen) atoms. The van der Waals surface area contributed by atoms with Gasteiger partial charge in [0.25, 0.3) is 0 Å². The summed E-state index contributed by atoms with van der Waals surface area (Å²) in [6.45, 7) is 3.88. The van der Waals surface area contributed by atoms with E-state index in [0.29, 0.717) is 6.10 Å². The molecular weight excluding hydrogens is 228 g/mol. The van der Waals surface area contributed by atoms with Crippen molar-refractivity contribution >= 4 is 0 Å². The summed E-state index contributed by atoms with van der Waals surface area (Å²) < 4.78 is 7.89. The van der Waals surface area contributed by atoms with E-state index in [1.807, 2.05) is 0 Å². The van der Waals surface area contributed by atoms with Crippen LogP contribution in [0.25, 0.3) is 0 Å². The van der Waals surface area contributed by atoms with Crippen molar-refractivity contribution in [3.05, 3.63) is 11.6 Å². The van der Waals surface area contributed by atoms with Gasteiger partial charge in [-0.25, -0.2) is 0 Å². The Balaban J connectivity index is 1.43. The first kappa shape index (κ1) is 12.1. The number of nitrogens with one attached hydrogen (secondary N) is 1. The zero-order valence-electron chi connectivity index (χ0n) is 10.9. The Labute approximate surface area is 108 Å². The Kier molecular flexibility index (Phi) is 3.90. The maximum atomic E-state index is 5.61. The van der Waals surface area contributed by atoms with Crippen LogP contribution in [0.3, 0.4) is 0 Å². The van der Waals surface area contributed by atoms with Crippen LogP contribution in [0.2, 0.25) is 0 Å². The quantitative estimate of drug-likeness (QED) is 0.800. The Morgan fingerprint density at radius 2 is 2.28 bits per heavy atom. The molecule has 0 radical (unpaired) electrons. The molecule has 0 bridgehead atoms. The summed E-state index contributed by atoms with van der Waals surface area (Å²) in [5, 5.41) is 12.0. The van der Waals surface area contributed by atoms with Crippen molar-refractivity contribution in [2.45, 2.75) is 57.7 Å². The van der Waals surface area contributed by atoms with Gasteiger partial charge in [0, 0.05) is 19.6 Å². The smallest absolute Gasteiger partial charge is 0.147 e. The number of rotatable bonds is 5. The molecule has 5 nitrogen and oxygen atoms in total. The molecule has 0 aromatic carbocycles. The third kappa shape index (κ3) is 2.72. The molecule has 1 fully saturated rings. The number of aromatic nitrogens is 3. The summed E-state index contributed by atoms with van der Waals surface area (Å²) in [5.41, 5.74) is 0. The van der Waals surface area contributed by atoms with Gasteiger partial charge < -0.3 is 14.6 Å². The molecule has 5 heteroatoms. The van der Waals surface area contributed by atoms with Crippen LogP contribution in [0.5, 0.6) is 0 Å². The highest BCUT2D eigenvalue weighted by Crippen LogP contribution is 2.15. The molecule has 3 rings (SSSR count). The molecule has 1 N–H and O–H groups in total. The summed E-state index contributed by atoms with van der Waals surface area (Å²) in [7, 11) is 0. The second kappa shape index (κ2) is 5.80. The molecule has 1 aromatic heterocycles. The molecule has 2 aliphatic heterocycles. The van der Waals surface area contributed by atoms with E-state index in [0.717, 1.165) is 50.7 Å². The van der Waals surface area contributed by atoms with E-state index < -0.39 is 0 Å². The lowest BCUT2D eigenvalue weighted by atomic mass is 10.1. The third-order valence-corrected chi connectivity index (χ3v) is 3.89. The van der Waals surface area contributed by atoms with Crippen LogP contribution >= 0.6 is 0 Å². The lowest BCUT2D eigenvalue weighted by Crippen LogP contribution is -2.23. The second-order valence-corrected chi connectivity index (χ2v) is 5.24. The Morgan fingerprint density at radius 1 is 1.28 bits per heavy atom. The first-order valence-corrected chi connectivity index (χ1v) is 7.17. The van der Waals surface area contributed by atoms with Gasteiger partial charge in [-0.3, -0.25) is 0 Å². The molecule has 0 spiro atoms. The fourth-order valence-corrected chi connectivity index (χ4v) is 2.83. The fourth-order valence-electron chi connectivity index (χ4n) is 2.83. The number of ether oxygens (including phenoxy) is 1. The average molecular weight is 250 g/mol. The SMILES string of the molecule is C1CCn2c(nnc2CNCCC2CCCO2)C1. The van der Waals surface area contributed by atoms with Gasteiger partial charge in [-0.2, -0.15) is 0 Å². The highest BCUT2D eigenvalue weighted by atomic mass is 16.5. The number of hydrogen-bond donors (Lipinski definition) is 1. The van der Waals surface area contributed by atoms with E-state index in [-0.39, 0.29) is 0 Å². The van der Waals surface area contributed by atoms with Crippen LogP contribution < -0.4 is 5.32 Å². The molecule has 1 aromatic rings. The van der Waals surface area contributed by atoms with Crippen molar-refractivity contribution < 1.29 is 4.74 Å². The Bertz CT molecular complexity index is 384. The maximum Gasteiger partial charge on any atom is 0.147 e. The van der Waals surface area contributed by atoms with Crippen LogP contribution in [0.4, 0.5) is 0 Å². The minimum atomic E-state index is 0.477. The minimum absolute atomic E-state index is 0.477. The van der Waals surface area contributed by atoms with E-state index in [1.165, 1.54) is 25.7 Å². The van der Waals surface area contributed by atoms with Crippen LogP contribution in [-0.4, -0.2) is 34.0 Å². The van der Waals surface area contributed by atoms with Gasteiger partial charge in [0.15, 0.2) is 0 Å². The summed E-state index contributed by atoms with van der Waals surface area (Å²) in [6.07, 6.45) is 7.64. The van der Waals surface area contributed by atoms with Crippen LogP contribution in [0, 0.1) is 0 Å². The van der Waals surface area contributed by atoms with E-state index in [2.05, 4.69) is 20.1 Å². The van der Waals surface area contributed by atoms with Crippen LogP contribution in [0.1, 0.15) is 43.8 Å². The number of fused-ring (bicyclic) bond motifs is 1. The highest BCUT2D eigenvalue weighted by Gasteiger charge is 2.16. The molecule has 100 valence electrons. The topological polar surface area (TPSA) is 52.0 Å². The van der Waals surface area contributed by atoms with Gasteiger partial charge >= 0.3 is 0 Å². The molecule has 0 aliphatic carbocycles. The number of nitrogens with zero attached hydrogens (tertiary/aromatic N) is 3. The molecule has 1 atom stereocenters. The third-order valence-electron chi connectivity index (χ3n) is 3.89. The molecule has 2 aliphatic rings. The van der Waals surface area contributed by atoms with Gasteiger partial charge in [0.05, 0.1) is 12.6 Å². The molecule has 1 unspecified atom stereocenters. The zero-order chi connectivity index (χ0) is 12.2. The molecule has 0 amide bonds. The van der Waals surface area contributed by atoms with Crippen molar-refractivity contribution in [2.24, 2.45) is 0 Å². The predicted molar refractivity (Wildman–Crippen MR) is 68.3 cm³/mol. The number of aryl methyl sites for hydroxylation is 1. The van der Waals surface area contributed by atoms with E-state index in [4.69, 9.17) is 4.74 Å². The van der Waals surface area contributed by atoms with E-state index in [1.54, 1.807) is 0 Å². The number of hydrogen-bond acceptors (Lipinski definition) is 4. The first-order valence-electron chi connectivity index (χ1n) is 7.17. The van der Waals surface area contributed by atoms with Crippen LogP contribution in [0.15, 0.2) is 0 Å². The summed E-state index contributed by atoms with van der Waals surface area (Å²) in [5.74, 6) is 2.26. The van der Waals surface area contributed by atoms with Gasteiger partial charge in [0.1, 0.15) is 11.6 Å². The zero-order valence-corrected chi connectivity index (χ0v) is 10.9. The van der Waals surface area contributed by atoms with Crippen molar-refractivity contribution in [3.8, 4) is 0 Å². The fraction of sp³-hybridized carbons (Fsp3) is 0.846. The minimum Gasteiger partial charge on any atom is -0.378 e. The van der Waals surface area contributed by atoms with Crippen molar-refractivity contribution in [2.75, 3.05) is 13.2 Å². The first-order chi connectivity index (χ1) is 8.93. The summed E-state index contributed by atoms with van der Waals surface area (Å²) >= 11 is 0. The van der Waals surface area contributed by atoms with Crippen molar-refractivity contribution in [1.82, 2.24) is 20.1 Å². The largest absolute Gasteiger partial charge is 0.378 e. The van der Waals surface area contributed by atoms with E-state index in [9.17, 15) is 0 Å². The molecular formula is C13H22N4O. The predicted octanol–water partition coefficient (Wildman–Crippen LogP) is 1.27. The second-order valence-electron chi connectivity index (χ2n) is 5.24. The average Bonchev–Trinajstić information content (AvgIpc) is 3.04. The molecule has 0 saturated carbocycles. The maximum absolute atomic E-state index is 5.61. The van der Waals surface area contributed by atoms with Gasteiger partial charge in [-0.15, -0.1) is 10.2 Å². The summed E-state index contributed by atoms with van der Waals surface area (Å²) in [4.78, 5) is 0. The van der Waals surface area contributed by atoms with Gasteiger partial charge in [-0.1, -0.05) is 0 Å². The monoisotopic (exact) mass is 250 g/mol. The Hall–Kier alpha value is -0.940. The molecule has 1 saturated heterocycles. The lowest BCUT2D eigenvalue weighted by Gasteiger charge is -2.15. The van der Waals surface area contributed by atoms with Crippen molar-refractivity contribution in [3.63, 3.8) is 0 Å². The van der Waals surface area contributed by atoms with E-state index >= 15 is 0 Å². The standard InChI is InChI=1S/C13H22N4O/c1-2-8-17-12(5-1)15-16-13(17)10-14-7-6-11-4-3-9-18-11/h11,14H,1-10H2. The normalized spacial score (nSPS) is 23.2. The molecule has 3 heterocycles. The van der Waals surface area contributed by atoms with Gasteiger partial charge in [0.2, 0.25) is 0 Å².